The van der Waals surface area contributed by atoms with Crippen molar-refractivity contribution in [1.29, 1.82) is 0 Å². The third-order valence-corrected chi connectivity index (χ3v) is 3.87. The highest BCUT2D eigenvalue weighted by Gasteiger charge is 2.35. The quantitative estimate of drug-likeness (QED) is 0.822. The lowest BCUT2D eigenvalue weighted by molar-refractivity contribution is -0.143. The van der Waals surface area contributed by atoms with Crippen LogP contribution < -0.4 is 0 Å². The molecule has 0 aromatic carbocycles. The normalized spacial score (nSPS) is 11.9. The molecule has 96 valence electrons. The van der Waals surface area contributed by atoms with Crippen molar-refractivity contribution in [2.75, 3.05) is 6.54 Å². The van der Waals surface area contributed by atoms with Gasteiger partial charge in [0.15, 0.2) is 0 Å². The molecule has 2 nitrogen and oxygen atoms in total. The van der Waals surface area contributed by atoms with Crippen LogP contribution in [-0.2, 0) is 0 Å². The van der Waals surface area contributed by atoms with Gasteiger partial charge in [-0.05, 0) is 41.2 Å². The molecule has 1 rings (SSSR count). The summed E-state index contributed by atoms with van der Waals surface area (Å²) >= 11 is 4.27. The number of hydrogen-bond donors (Lipinski definition) is 0. The lowest BCUT2D eigenvalue weighted by atomic mass is 10.3. The van der Waals surface area contributed by atoms with Crippen LogP contribution >= 0.6 is 27.3 Å². The number of rotatable bonds is 3. The van der Waals surface area contributed by atoms with E-state index in [1.807, 2.05) is 0 Å². The highest BCUT2D eigenvalue weighted by atomic mass is 79.9. The molecule has 0 N–H and O–H groups in total. The van der Waals surface area contributed by atoms with Crippen LogP contribution in [0.1, 0.15) is 23.5 Å². The first kappa shape index (κ1) is 14.5. The third kappa shape index (κ3) is 3.99. The summed E-state index contributed by atoms with van der Waals surface area (Å²) < 4.78 is 37.6. The zero-order valence-corrected chi connectivity index (χ0v) is 11.6. The summed E-state index contributed by atoms with van der Waals surface area (Å²) in [7, 11) is 0. The maximum Gasteiger partial charge on any atom is 0.406 e. The van der Waals surface area contributed by atoms with Crippen molar-refractivity contribution in [2.45, 2.75) is 26.1 Å². The average molecular weight is 330 g/mol. The van der Waals surface area contributed by atoms with E-state index in [1.165, 1.54) is 0 Å². The Hall–Kier alpha value is -0.560. The van der Waals surface area contributed by atoms with Gasteiger partial charge in [-0.25, -0.2) is 0 Å². The second-order valence-electron chi connectivity index (χ2n) is 3.74. The first-order valence-electron chi connectivity index (χ1n) is 4.83. The molecule has 0 aliphatic carbocycles. The Morgan fingerprint density at radius 3 is 2.47 bits per heavy atom. The summed E-state index contributed by atoms with van der Waals surface area (Å²) in [5.41, 5.74) is 0. The average Bonchev–Trinajstić information content (AvgIpc) is 2.58. The second kappa shape index (κ2) is 5.39. The van der Waals surface area contributed by atoms with Gasteiger partial charge in [0.05, 0.1) is 0 Å². The molecule has 0 aliphatic heterocycles. The van der Waals surface area contributed by atoms with E-state index in [9.17, 15) is 18.0 Å². The molecule has 0 radical (unpaired) electrons. The predicted octanol–water partition coefficient (Wildman–Crippen LogP) is 3.92. The molecule has 1 aromatic heterocycles. The van der Waals surface area contributed by atoms with Crippen LogP contribution in [0.2, 0.25) is 0 Å². The second-order valence-corrected chi connectivity index (χ2v) is 5.51. The summed E-state index contributed by atoms with van der Waals surface area (Å²) in [6, 6.07) is 1.14. The Balaban J connectivity index is 2.93. The first-order valence-corrected chi connectivity index (χ1v) is 6.50. The maximum atomic E-state index is 12.4. The SMILES string of the molecule is CC(C)N(CC(F)(F)F)C(=O)c1sccc1Br. The molecule has 0 atom stereocenters. The number of halogens is 4. The van der Waals surface area contributed by atoms with Gasteiger partial charge < -0.3 is 4.90 Å². The van der Waals surface area contributed by atoms with Crippen molar-refractivity contribution in [3.63, 3.8) is 0 Å². The number of carbonyl (C=O) groups is 1. The van der Waals surface area contributed by atoms with Crippen LogP contribution in [0.3, 0.4) is 0 Å². The summed E-state index contributed by atoms with van der Waals surface area (Å²) in [5.74, 6) is -0.598. The van der Waals surface area contributed by atoms with E-state index < -0.39 is 24.7 Å². The Morgan fingerprint density at radius 1 is 1.53 bits per heavy atom. The monoisotopic (exact) mass is 329 g/mol. The molecule has 0 spiro atoms. The number of nitrogens with zero attached hydrogens (tertiary/aromatic N) is 1. The highest BCUT2D eigenvalue weighted by molar-refractivity contribution is 9.10. The Kier molecular flexibility index (Phi) is 4.60. The Morgan fingerprint density at radius 2 is 2.12 bits per heavy atom. The minimum Gasteiger partial charge on any atom is -0.326 e. The minimum absolute atomic E-state index is 0.294. The lowest BCUT2D eigenvalue weighted by Gasteiger charge is -2.27. The van der Waals surface area contributed by atoms with Crippen LogP contribution in [0.5, 0.6) is 0 Å². The van der Waals surface area contributed by atoms with Crippen LogP contribution in [0.25, 0.3) is 0 Å². The van der Waals surface area contributed by atoms with Crippen molar-refractivity contribution in [3.05, 3.63) is 20.8 Å². The van der Waals surface area contributed by atoms with Gasteiger partial charge in [0.1, 0.15) is 11.4 Å². The predicted molar refractivity (Wildman–Crippen MR) is 64.2 cm³/mol. The minimum atomic E-state index is -4.39. The van der Waals surface area contributed by atoms with E-state index >= 15 is 0 Å². The number of alkyl halides is 3. The number of hydrogen-bond acceptors (Lipinski definition) is 2. The molecule has 7 heteroatoms. The van der Waals surface area contributed by atoms with E-state index in [2.05, 4.69) is 15.9 Å². The molecule has 0 fully saturated rings. The van der Waals surface area contributed by atoms with Crippen LogP contribution in [0.15, 0.2) is 15.9 Å². The molecule has 1 heterocycles. The molecule has 1 amide bonds. The molecule has 0 aliphatic rings. The van der Waals surface area contributed by atoms with Gasteiger partial charge in [-0.15, -0.1) is 11.3 Å². The summed E-state index contributed by atoms with van der Waals surface area (Å²) in [4.78, 5) is 13.1. The van der Waals surface area contributed by atoms with Crippen LogP contribution in [0.4, 0.5) is 13.2 Å². The van der Waals surface area contributed by atoms with E-state index in [4.69, 9.17) is 0 Å². The molecular formula is C10H11BrF3NOS. The van der Waals surface area contributed by atoms with Gasteiger partial charge in [0, 0.05) is 10.5 Å². The number of carbonyl (C=O) groups excluding carboxylic acids is 1. The van der Waals surface area contributed by atoms with Crippen molar-refractivity contribution in [2.24, 2.45) is 0 Å². The van der Waals surface area contributed by atoms with Gasteiger partial charge in [0.2, 0.25) is 0 Å². The molecular weight excluding hydrogens is 319 g/mol. The summed E-state index contributed by atoms with van der Waals surface area (Å²) in [6.07, 6.45) is -4.39. The van der Waals surface area contributed by atoms with Crippen LogP contribution in [0, 0.1) is 0 Å². The van der Waals surface area contributed by atoms with E-state index in [0.29, 0.717) is 9.35 Å². The zero-order valence-electron chi connectivity index (χ0n) is 9.21. The van der Waals surface area contributed by atoms with Gasteiger partial charge in [-0.2, -0.15) is 13.2 Å². The highest BCUT2D eigenvalue weighted by Crippen LogP contribution is 2.27. The van der Waals surface area contributed by atoms with E-state index in [-0.39, 0.29) is 0 Å². The molecule has 0 bridgehead atoms. The third-order valence-electron chi connectivity index (χ3n) is 2.05. The van der Waals surface area contributed by atoms with Gasteiger partial charge in [0.25, 0.3) is 5.91 Å². The largest absolute Gasteiger partial charge is 0.406 e. The summed E-state index contributed by atoms with van der Waals surface area (Å²) in [5, 5.41) is 1.66. The fourth-order valence-corrected chi connectivity index (χ4v) is 2.75. The van der Waals surface area contributed by atoms with Crippen molar-refractivity contribution in [3.8, 4) is 0 Å². The lowest BCUT2D eigenvalue weighted by Crippen LogP contribution is -2.43. The van der Waals surface area contributed by atoms with Gasteiger partial charge >= 0.3 is 6.18 Å². The Labute approximate surface area is 110 Å². The fraction of sp³-hybridized carbons (Fsp3) is 0.500. The number of amides is 1. The van der Waals surface area contributed by atoms with E-state index in [0.717, 1.165) is 16.2 Å². The van der Waals surface area contributed by atoms with E-state index in [1.54, 1.807) is 25.3 Å². The van der Waals surface area contributed by atoms with Crippen molar-refractivity contribution < 1.29 is 18.0 Å². The number of thiophene rings is 1. The standard InChI is InChI=1S/C10H11BrF3NOS/c1-6(2)15(5-10(12,13)14)9(16)8-7(11)3-4-17-8/h3-4,6H,5H2,1-2H3. The van der Waals surface area contributed by atoms with Gasteiger partial charge in [-0.3, -0.25) is 4.79 Å². The van der Waals surface area contributed by atoms with Crippen molar-refractivity contribution >= 4 is 33.2 Å². The summed E-state index contributed by atoms with van der Waals surface area (Å²) in [6.45, 7) is 1.89. The zero-order chi connectivity index (χ0) is 13.2. The smallest absolute Gasteiger partial charge is 0.326 e. The molecule has 0 saturated heterocycles. The maximum absolute atomic E-state index is 12.4. The molecule has 0 saturated carbocycles. The fourth-order valence-electron chi connectivity index (χ4n) is 1.26. The first-order chi connectivity index (χ1) is 7.72. The van der Waals surface area contributed by atoms with Crippen LogP contribution in [-0.4, -0.2) is 29.6 Å². The molecule has 0 unspecified atom stereocenters. The molecule has 17 heavy (non-hydrogen) atoms. The topological polar surface area (TPSA) is 20.3 Å². The van der Waals surface area contributed by atoms with Crippen molar-refractivity contribution in [1.82, 2.24) is 4.90 Å². The molecule has 1 aromatic rings. The Bertz CT molecular complexity index is 403. The van der Waals surface area contributed by atoms with Gasteiger partial charge in [-0.1, -0.05) is 0 Å².